The van der Waals surface area contributed by atoms with Gasteiger partial charge in [-0.25, -0.2) is 0 Å². The van der Waals surface area contributed by atoms with Crippen LogP contribution in [0.2, 0.25) is 0 Å². The number of nitrogens with one attached hydrogen (secondary N) is 1. The van der Waals surface area contributed by atoms with Gasteiger partial charge in [-0.2, -0.15) is 0 Å². The third-order valence-corrected chi connectivity index (χ3v) is 5.17. The highest BCUT2D eigenvalue weighted by Gasteiger charge is 2.18. The molecule has 0 saturated heterocycles. The highest BCUT2D eigenvalue weighted by Crippen LogP contribution is 2.18. The predicted molar refractivity (Wildman–Crippen MR) is 102 cm³/mol. The van der Waals surface area contributed by atoms with Crippen molar-refractivity contribution in [3.8, 4) is 5.75 Å². The summed E-state index contributed by atoms with van der Waals surface area (Å²) >= 11 is 3.13. The summed E-state index contributed by atoms with van der Waals surface area (Å²) in [6.45, 7) is 4.05. The molecular formula is C18H21NO4S2. The molecule has 1 aromatic carbocycles. The molecule has 1 atom stereocenters. The Labute approximate surface area is 155 Å². The lowest BCUT2D eigenvalue weighted by atomic mass is 10.3. The Bertz CT molecular complexity index is 671. The Hall–Kier alpha value is -1.99. The van der Waals surface area contributed by atoms with E-state index in [9.17, 15) is 9.59 Å². The van der Waals surface area contributed by atoms with Gasteiger partial charge in [0.1, 0.15) is 5.75 Å². The second-order valence-electron chi connectivity index (χ2n) is 5.15. The first-order valence-electron chi connectivity index (χ1n) is 7.91. The summed E-state index contributed by atoms with van der Waals surface area (Å²) in [7, 11) is 0. The zero-order chi connectivity index (χ0) is 18.1. The molecule has 7 heteroatoms. The molecule has 0 aliphatic carbocycles. The largest absolute Gasteiger partial charge is 0.494 e. The number of hydrogen-bond donors (Lipinski definition) is 1. The van der Waals surface area contributed by atoms with Crippen LogP contribution in [0.4, 0.5) is 5.69 Å². The first kappa shape index (κ1) is 19.3. The Morgan fingerprint density at radius 3 is 2.64 bits per heavy atom. The van der Waals surface area contributed by atoms with Gasteiger partial charge in [0.25, 0.3) is 5.91 Å². The van der Waals surface area contributed by atoms with Gasteiger partial charge in [-0.1, -0.05) is 6.07 Å². The van der Waals surface area contributed by atoms with E-state index < -0.39 is 12.1 Å². The topological polar surface area (TPSA) is 64.6 Å². The molecule has 0 radical (unpaired) electrons. The minimum atomic E-state index is -0.846. The van der Waals surface area contributed by atoms with Gasteiger partial charge in [-0.3, -0.25) is 9.59 Å². The van der Waals surface area contributed by atoms with E-state index in [1.807, 2.05) is 24.4 Å². The number of carbonyl (C=O) groups excluding carboxylic acids is 2. The number of hydrogen-bond acceptors (Lipinski definition) is 6. The maximum atomic E-state index is 12.1. The summed E-state index contributed by atoms with van der Waals surface area (Å²) in [5.41, 5.74) is 0.628. The average molecular weight is 380 g/mol. The number of amides is 1. The summed E-state index contributed by atoms with van der Waals surface area (Å²) in [6, 6.07) is 11.0. The van der Waals surface area contributed by atoms with Crippen LogP contribution in [0.15, 0.2) is 41.8 Å². The van der Waals surface area contributed by atoms with Crippen LogP contribution >= 0.6 is 23.1 Å². The quantitative estimate of drug-likeness (QED) is 0.668. The van der Waals surface area contributed by atoms with E-state index in [2.05, 4.69) is 5.32 Å². The predicted octanol–water partition coefficient (Wildman–Crippen LogP) is 3.95. The van der Waals surface area contributed by atoms with Crippen LogP contribution in [0.3, 0.4) is 0 Å². The second-order valence-corrected chi connectivity index (χ2v) is 7.17. The van der Waals surface area contributed by atoms with Crippen LogP contribution in [0.1, 0.15) is 18.7 Å². The minimum absolute atomic E-state index is 0.221. The normalized spacial score (nSPS) is 11.6. The van der Waals surface area contributed by atoms with Gasteiger partial charge in [-0.05, 0) is 49.6 Å². The highest BCUT2D eigenvalue weighted by molar-refractivity contribution is 7.99. The van der Waals surface area contributed by atoms with Gasteiger partial charge in [0.05, 0.1) is 12.4 Å². The van der Waals surface area contributed by atoms with Crippen molar-refractivity contribution < 1.29 is 19.1 Å². The van der Waals surface area contributed by atoms with Crippen LogP contribution in [0, 0.1) is 0 Å². The first-order valence-corrected chi connectivity index (χ1v) is 9.95. The van der Waals surface area contributed by atoms with Crippen LogP contribution in [-0.4, -0.2) is 30.3 Å². The molecule has 1 aromatic heterocycles. The Kier molecular flexibility index (Phi) is 7.81. The molecule has 134 valence electrons. The van der Waals surface area contributed by atoms with Crippen molar-refractivity contribution in [2.45, 2.75) is 25.7 Å². The second kappa shape index (κ2) is 10.1. The van der Waals surface area contributed by atoms with E-state index in [0.717, 1.165) is 11.5 Å². The van der Waals surface area contributed by atoms with Crippen molar-refractivity contribution in [2.75, 3.05) is 17.7 Å². The van der Waals surface area contributed by atoms with Gasteiger partial charge in [0.15, 0.2) is 6.10 Å². The fourth-order valence-electron chi connectivity index (χ4n) is 1.96. The summed E-state index contributed by atoms with van der Waals surface area (Å²) < 4.78 is 10.5. The average Bonchev–Trinajstić information content (AvgIpc) is 3.10. The molecule has 0 saturated carbocycles. The lowest BCUT2D eigenvalue weighted by Gasteiger charge is -2.13. The third-order valence-electron chi connectivity index (χ3n) is 3.15. The van der Waals surface area contributed by atoms with E-state index in [0.29, 0.717) is 12.3 Å². The Balaban J connectivity index is 1.72. The molecule has 0 bridgehead atoms. The molecule has 5 nitrogen and oxygen atoms in total. The van der Waals surface area contributed by atoms with Crippen molar-refractivity contribution in [3.05, 3.63) is 46.7 Å². The number of ether oxygens (including phenoxy) is 2. The molecule has 0 aliphatic rings. The number of rotatable bonds is 9. The number of carbonyl (C=O) groups is 2. The third kappa shape index (κ3) is 6.80. The van der Waals surface area contributed by atoms with Crippen molar-refractivity contribution >= 4 is 40.7 Å². The highest BCUT2D eigenvalue weighted by atomic mass is 32.2. The standard InChI is InChI=1S/C18H21NO4S2/c1-3-22-15-8-6-14(7-9-15)19-18(21)13(2)23-17(20)12-24-11-16-5-4-10-25-16/h4-10,13H,3,11-12H2,1-2H3,(H,19,21)/t13-/m0/s1. The van der Waals surface area contributed by atoms with E-state index in [1.165, 1.54) is 16.6 Å². The van der Waals surface area contributed by atoms with Crippen LogP contribution in [-0.2, 0) is 20.1 Å². The van der Waals surface area contributed by atoms with Gasteiger partial charge in [-0.15, -0.1) is 23.1 Å². The van der Waals surface area contributed by atoms with Gasteiger partial charge >= 0.3 is 5.97 Å². The van der Waals surface area contributed by atoms with E-state index in [4.69, 9.17) is 9.47 Å². The molecule has 2 rings (SSSR count). The maximum absolute atomic E-state index is 12.1. The lowest BCUT2D eigenvalue weighted by Crippen LogP contribution is -2.30. The Morgan fingerprint density at radius 1 is 1.24 bits per heavy atom. The number of anilines is 1. The number of thiophene rings is 1. The van der Waals surface area contributed by atoms with Crippen molar-refractivity contribution in [1.82, 2.24) is 0 Å². The van der Waals surface area contributed by atoms with Gasteiger partial charge < -0.3 is 14.8 Å². The molecular weight excluding hydrogens is 358 g/mol. The number of thioether (sulfide) groups is 1. The molecule has 0 aliphatic heterocycles. The number of benzene rings is 1. The molecule has 1 N–H and O–H groups in total. The monoisotopic (exact) mass is 379 g/mol. The minimum Gasteiger partial charge on any atom is -0.494 e. The number of esters is 1. The van der Waals surface area contributed by atoms with Gasteiger partial charge in [0.2, 0.25) is 0 Å². The van der Waals surface area contributed by atoms with E-state index >= 15 is 0 Å². The molecule has 0 unspecified atom stereocenters. The molecule has 1 heterocycles. The zero-order valence-corrected chi connectivity index (χ0v) is 15.8. The van der Waals surface area contributed by atoms with Crippen LogP contribution < -0.4 is 10.1 Å². The summed E-state index contributed by atoms with van der Waals surface area (Å²) in [6.07, 6.45) is -0.846. The van der Waals surface area contributed by atoms with E-state index in [-0.39, 0.29) is 11.7 Å². The Morgan fingerprint density at radius 2 is 2.00 bits per heavy atom. The fourth-order valence-corrected chi connectivity index (χ4v) is 3.60. The smallest absolute Gasteiger partial charge is 0.316 e. The fraction of sp³-hybridized carbons (Fsp3) is 0.333. The van der Waals surface area contributed by atoms with Crippen molar-refractivity contribution in [1.29, 1.82) is 0 Å². The van der Waals surface area contributed by atoms with Crippen LogP contribution in [0.5, 0.6) is 5.75 Å². The molecule has 0 fully saturated rings. The first-order chi connectivity index (χ1) is 12.1. The summed E-state index contributed by atoms with van der Waals surface area (Å²) in [4.78, 5) is 25.1. The molecule has 2 aromatic rings. The SMILES string of the molecule is CCOc1ccc(NC(=O)[C@H](C)OC(=O)CSCc2cccs2)cc1. The zero-order valence-electron chi connectivity index (χ0n) is 14.2. The molecule has 0 spiro atoms. The van der Waals surface area contributed by atoms with Crippen LogP contribution in [0.25, 0.3) is 0 Å². The van der Waals surface area contributed by atoms with Crippen molar-refractivity contribution in [3.63, 3.8) is 0 Å². The summed E-state index contributed by atoms with van der Waals surface area (Å²) in [5, 5.41) is 4.72. The van der Waals surface area contributed by atoms with Crippen molar-refractivity contribution in [2.24, 2.45) is 0 Å². The van der Waals surface area contributed by atoms with Gasteiger partial charge in [0, 0.05) is 16.3 Å². The lowest BCUT2D eigenvalue weighted by molar-refractivity contribution is -0.150. The molecule has 25 heavy (non-hydrogen) atoms. The van der Waals surface area contributed by atoms with E-state index in [1.54, 1.807) is 42.5 Å². The summed E-state index contributed by atoms with van der Waals surface area (Å²) in [5.74, 6) is 0.970. The maximum Gasteiger partial charge on any atom is 0.316 e. The molecule has 1 amide bonds.